The Labute approximate surface area is 167 Å². The predicted octanol–water partition coefficient (Wildman–Crippen LogP) is 6.37. The third kappa shape index (κ3) is 4.30. The summed E-state index contributed by atoms with van der Waals surface area (Å²) in [5, 5.41) is 0. The summed E-state index contributed by atoms with van der Waals surface area (Å²) >= 11 is 0. The smallest absolute Gasteiger partial charge is 0.167 e. The summed E-state index contributed by atoms with van der Waals surface area (Å²) in [5.74, 6) is -1.54. The lowest BCUT2D eigenvalue weighted by Crippen LogP contribution is -1.98. The fraction of sp³-hybridized carbons (Fsp3) is 0.250. The van der Waals surface area contributed by atoms with Crippen molar-refractivity contribution in [2.45, 2.75) is 32.5 Å². The number of aryl methyl sites for hydroxylation is 1. The first kappa shape index (κ1) is 19.5. The van der Waals surface area contributed by atoms with Crippen molar-refractivity contribution in [2.24, 2.45) is 0 Å². The number of ether oxygens (including phenoxy) is 2. The van der Waals surface area contributed by atoms with Crippen molar-refractivity contribution in [3.05, 3.63) is 88.7 Å². The third-order valence-electron chi connectivity index (χ3n) is 5.01. The van der Waals surface area contributed by atoms with Crippen LogP contribution >= 0.6 is 0 Å². The van der Waals surface area contributed by atoms with Crippen molar-refractivity contribution < 1.29 is 22.6 Å². The Bertz CT molecular complexity index is 1010. The Morgan fingerprint density at radius 1 is 0.966 bits per heavy atom. The monoisotopic (exact) mass is 398 g/mol. The highest BCUT2D eigenvalue weighted by Gasteiger charge is 2.30. The Kier molecular flexibility index (Phi) is 5.58. The molecule has 0 aromatic heterocycles. The number of rotatable bonds is 7. The van der Waals surface area contributed by atoms with Crippen LogP contribution in [0, 0.1) is 17.5 Å². The number of epoxide rings is 1. The molecule has 2 nitrogen and oxygen atoms in total. The van der Waals surface area contributed by atoms with E-state index in [4.69, 9.17) is 9.47 Å². The highest BCUT2D eigenvalue weighted by Crippen LogP contribution is 2.35. The Morgan fingerprint density at radius 3 is 2.38 bits per heavy atom. The number of hydrogen-bond donors (Lipinski definition) is 0. The summed E-state index contributed by atoms with van der Waals surface area (Å²) in [6.45, 7) is 2.68. The average molecular weight is 398 g/mol. The Hall–Kier alpha value is -2.79. The molecule has 3 aromatic rings. The molecule has 1 aliphatic heterocycles. The molecule has 1 aliphatic rings. The van der Waals surface area contributed by atoms with Crippen molar-refractivity contribution >= 4 is 0 Å². The van der Waals surface area contributed by atoms with E-state index in [-0.39, 0.29) is 29.7 Å². The summed E-state index contributed by atoms with van der Waals surface area (Å²) in [7, 11) is 0. The molecule has 0 bridgehead atoms. The van der Waals surface area contributed by atoms with E-state index >= 15 is 0 Å². The lowest BCUT2D eigenvalue weighted by Gasteiger charge is -2.10. The van der Waals surface area contributed by atoms with Gasteiger partial charge in [-0.2, -0.15) is 0 Å². The minimum Gasteiger partial charge on any atom is -0.489 e. The molecular weight excluding hydrogens is 377 g/mol. The van der Waals surface area contributed by atoms with E-state index < -0.39 is 11.6 Å². The molecule has 0 saturated carbocycles. The number of benzene rings is 3. The zero-order chi connectivity index (χ0) is 20.4. The van der Waals surface area contributed by atoms with Crippen LogP contribution in [0.15, 0.2) is 54.6 Å². The van der Waals surface area contributed by atoms with Crippen molar-refractivity contribution in [3.8, 4) is 16.9 Å². The van der Waals surface area contributed by atoms with E-state index in [1.54, 1.807) is 48.5 Å². The van der Waals surface area contributed by atoms with Crippen molar-refractivity contribution in [1.82, 2.24) is 0 Å². The van der Waals surface area contributed by atoms with E-state index in [0.29, 0.717) is 29.9 Å². The molecule has 0 aliphatic carbocycles. The molecule has 150 valence electrons. The minimum atomic E-state index is -0.871. The summed E-state index contributed by atoms with van der Waals surface area (Å²) < 4.78 is 53.4. The van der Waals surface area contributed by atoms with E-state index in [9.17, 15) is 13.2 Å². The predicted molar refractivity (Wildman–Crippen MR) is 105 cm³/mol. The summed E-state index contributed by atoms with van der Waals surface area (Å²) in [6, 6.07) is 15.0. The standard InChI is InChI=1S/C24H21F3O2/c1-2-3-17-8-9-18(12-21(17)25)28-13-15-4-6-16(7-5-15)19-10-11-20(22-14-29-22)24(27)23(19)26/h4-12,22H,2-3,13-14H2,1H3. The van der Waals surface area contributed by atoms with Gasteiger partial charge in [0, 0.05) is 17.2 Å². The van der Waals surface area contributed by atoms with Gasteiger partial charge in [-0.25, -0.2) is 13.2 Å². The molecule has 29 heavy (non-hydrogen) atoms. The second-order valence-electron chi connectivity index (χ2n) is 7.14. The van der Waals surface area contributed by atoms with E-state index in [2.05, 4.69) is 0 Å². The van der Waals surface area contributed by atoms with Crippen LogP contribution in [-0.2, 0) is 17.8 Å². The number of halogens is 3. The third-order valence-corrected chi connectivity index (χ3v) is 5.01. The van der Waals surface area contributed by atoms with E-state index in [0.717, 1.165) is 12.0 Å². The van der Waals surface area contributed by atoms with Crippen molar-refractivity contribution in [2.75, 3.05) is 6.61 Å². The average Bonchev–Trinajstić information content (AvgIpc) is 3.56. The zero-order valence-corrected chi connectivity index (χ0v) is 16.1. The van der Waals surface area contributed by atoms with E-state index in [1.165, 1.54) is 6.07 Å². The molecule has 1 atom stereocenters. The van der Waals surface area contributed by atoms with Gasteiger partial charge in [-0.1, -0.05) is 55.8 Å². The Balaban J connectivity index is 1.44. The highest BCUT2D eigenvalue weighted by molar-refractivity contribution is 5.65. The molecule has 0 N–H and O–H groups in total. The van der Waals surface area contributed by atoms with E-state index in [1.807, 2.05) is 6.92 Å². The first-order valence-electron chi connectivity index (χ1n) is 9.67. The van der Waals surface area contributed by atoms with Crippen LogP contribution in [-0.4, -0.2) is 6.61 Å². The lowest BCUT2D eigenvalue weighted by molar-refractivity contribution is 0.304. The van der Waals surface area contributed by atoms with Crippen LogP contribution in [0.1, 0.15) is 36.1 Å². The summed E-state index contributed by atoms with van der Waals surface area (Å²) in [4.78, 5) is 0. The highest BCUT2D eigenvalue weighted by atomic mass is 19.2. The maximum atomic E-state index is 14.4. The molecule has 1 saturated heterocycles. The van der Waals surface area contributed by atoms with Gasteiger partial charge in [0.2, 0.25) is 0 Å². The van der Waals surface area contributed by atoms with Crippen LogP contribution in [0.5, 0.6) is 5.75 Å². The second-order valence-corrected chi connectivity index (χ2v) is 7.14. The van der Waals surface area contributed by atoms with Crippen LogP contribution in [0.2, 0.25) is 0 Å². The first-order valence-corrected chi connectivity index (χ1v) is 9.67. The first-order chi connectivity index (χ1) is 14.1. The molecule has 0 spiro atoms. The maximum Gasteiger partial charge on any atom is 0.167 e. The van der Waals surface area contributed by atoms with Gasteiger partial charge >= 0.3 is 0 Å². The second kappa shape index (κ2) is 8.29. The normalized spacial score (nSPS) is 15.4. The van der Waals surface area contributed by atoms with Crippen molar-refractivity contribution in [1.29, 1.82) is 0 Å². The van der Waals surface area contributed by atoms with Crippen molar-refractivity contribution in [3.63, 3.8) is 0 Å². The van der Waals surface area contributed by atoms with Gasteiger partial charge in [0.15, 0.2) is 11.6 Å². The molecule has 1 unspecified atom stereocenters. The summed E-state index contributed by atoms with van der Waals surface area (Å²) in [5.41, 5.74) is 2.55. The van der Waals surface area contributed by atoms with Crippen LogP contribution in [0.3, 0.4) is 0 Å². The quantitative estimate of drug-likeness (QED) is 0.431. The number of hydrogen-bond acceptors (Lipinski definition) is 2. The van der Waals surface area contributed by atoms with Crippen LogP contribution < -0.4 is 4.74 Å². The van der Waals surface area contributed by atoms with Gasteiger partial charge in [0.05, 0.1) is 6.61 Å². The molecule has 4 rings (SSSR count). The topological polar surface area (TPSA) is 21.8 Å². The molecule has 3 aromatic carbocycles. The fourth-order valence-corrected chi connectivity index (χ4v) is 3.30. The molecular formula is C24H21F3O2. The summed E-state index contributed by atoms with van der Waals surface area (Å²) in [6.07, 6.45) is 1.24. The molecule has 0 amide bonds. The van der Waals surface area contributed by atoms with Gasteiger partial charge in [-0.3, -0.25) is 0 Å². The largest absolute Gasteiger partial charge is 0.489 e. The zero-order valence-electron chi connectivity index (χ0n) is 16.1. The molecule has 1 heterocycles. The maximum absolute atomic E-state index is 14.4. The van der Waals surface area contributed by atoms with Gasteiger partial charge < -0.3 is 9.47 Å². The van der Waals surface area contributed by atoms with Gasteiger partial charge in [-0.15, -0.1) is 0 Å². The Morgan fingerprint density at radius 2 is 1.72 bits per heavy atom. The minimum absolute atomic E-state index is 0.202. The van der Waals surface area contributed by atoms with Gasteiger partial charge in [-0.05, 0) is 29.2 Å². The van der Waals surface area contributed by atoms with Crippen LogP contribution in [0.25, 0.3) is 11.1 Å². The SMILES string of the molecule is CCCc1ccc(OCc2ccc(-c3ccc(C4CO4)c(F)c3F)cc2)cc1F. The fourth-order valence-electron chi connectivity index (χ4n) is 3.30. The lowest BCUT2D eigenvalue weighted by atomic mass is 10.0. The molecule has 0 radical (unpaired) electrons. The molecule has 5 heteroatoms. The van der Waals surface area contributed by atoms with Crippen LogP contribution in [0.4, 0.5) is 13.2 Å². The molecule has 1 fully saturated rings. The van der Waals surface area contributed by atoms with Gasteiger partial charge in [0.1, 0.15) is 24.3 Å². The van der Waals surface area contributed by atoms with Gasteiger partial charge in [0.25, 0.3) is 0 Å².